The van der Waals surface area contributed by atoms with Gasteiger partial charge in [0.2, 0.25) is 0 Å². The molecular weight excluding hydrogens is 192 g/mol. The van der Waals surface area contributed by atoms with Gasteiger partial charge in [0.25, 0.3) is 5.56 Å². The Hall–Kier alpha value is -1.97. The average Bonchev–Trinajstić information content (AvgIpc) is 2.16. The number of carbonyl (C=O) groups is 1. The van der Waals surface area contributed by atoms with Crippen LogP contribution in [0.3, 0.4) is 0 Å². The molecule has 76 valence electrons. The molecule has 0 spiro atoms. The van der Waals surface area contributed by atoms with Gasteiger partial charge >= 0.3 is 0 Å². The van der Waals surface area contributed by atoms with Crippen LogP contribution in [-0.4, -0.2) is 15.2 Å². The second-order valence-electron chi connectivity index (χ2n) is 3.41. The summed E-state index contributed by atoms with van der Waals surface area (Å²) in [6.45, 7) is 3.26. The molecule has 0 fully saturated rings. The summed E-state index contributed by atoms with van der Waals surface area (Å²) in [6.07, 6.45) is 1.54. The number of fused-ring (bicyclic) bond motifs is 1. The standard InChI is InChI=1S/C11H10N2O2/c1-7-4-3-5-10-12-11(15)9(8(2)14)6-13(7)10/h3-6H,1-2H3. The molecule has 4 nitrogen and oxygen atoms in total. The summed E-state index contributed by atoms with van der Waals surface area (Å²) in [4.78, 5) is 26.5. The summed E-state index contributed by atoms with van der Waals surface area (Å²) < 4.78 is 1.73. The molecule has 0 N–H and O–H groups in total. The van der Waals surface area contributed by atoms with Gasteiger partial charge in [-0.1, -0.05) is 6.07 Å². The van der Waals surface area contributed by atoms with Crippen molar-refractivity contribution in [3.05, 3.63) is 46.0 Å². The molecule has 15 heavy (non-hydrogen) atoms. The third-order valence-corrected chi connectivity index (χ3v) is 2.29. The Morgan fingerprint density at radius 1 is 1.40 bits per heavy atom. The van der Waals surface area contributed by atoms with Gasteiger partial charge in [0.1, 0.15) is 11.2 Å². The van der Waals surface area contributed by atoms with Gasteiger partial charge in [-0.15, -0.1) is 0 Å². The maximum Gasteiger partial charge on any atom is 0.284 e. The fraction of sp³-hybridized carbons (Fsp3) is 0.182. The molecule has 2 aromatic rings. The van der Waals surface area contributed by atoms with Gasteiger partial charge in [0.15, 0.2) is 5.78 Å². The lowest BCUT2D eigenvalue weighted by Gasteiger charge is -2.04. The molecular formula is C11H10N2O2. The van der Waals surface area contributed by atoms with Crippen LogP contribution in [0.5, 0.6) is 0 Å². The number of ketones is 1. The van der Waals surface area contributed by atoms with Crippen molar-refractivity contribution in [1.82, 2.24) is 9.38 Å². The molecule has 2 heterocycles. The summed E-state index contributed by atoms with van der Waals surface area (Å²) in [7, 11) is 0. The van der Waals surface area contributed by atoms with E-state index in [1.54, 1.807) is 16.7 Å². The normalized spacial score (nSPS) is 10.5. The number of Topliss-reactive ketones (excluding diaryl/α,β-unsaturated/α-hetero) is 1. The van der Waals surface area contributed by atoms with Gasteiger partial charge in [0.05, 0.1) is 0 Å². The van der Waals surface area contributed by atoms with Crippen LogP contribution in [0, 0.1) is 6.92 Å². The zero-order chi connectivity index (χ0) is 11.0. The lowest BCUT2D eigenvalue weighted by Crippen LogP contribution is -2.18. The van der Waals surface area contributed by atoms with Crippen LogP contribution >= 0.6 is 0 Å². The fourth-order valence-electron chi connectivity index (χ4n) is 1.46. The third-order valence-electron chi connectivity index (χ3n) is 2.29. The number of hydrogen-bond acceptors (Lipinski definition) is 3. The Bertz CT molecular complexity index is 599. The quantitative estimate of drug-likeness (QED) is 0.653. The van der Waals surface area contributed by atoms with Crippen molar-refractivity contribution in [2.75, 3.05) is 0 Å². The van der Waals surface area contributed by atoms with Crippen molar-refractivity contribution in [3.63, 3.8) is 0 Å². The molecule has 0 saturated heterocycles. The van der Waals surface area contributed by atoms with Crippen LogP contribution < -0.4 is 5.56 Å². The highest BCUT2D eigenvalue weighted by molar-refractivity contribution is 5.93. The minimum Gasteiger partial charge on any atom is -0.305 e. The molecule has 0 unspecified atom stereocenters. The molecule has 0 aromatic carbocycles. The maximum absolute atomic E-state index is 11.4. The highest BCUT2D eigenvalue weighted by atomic mass is 16.1. The Kier molecular flexibility index (Phi) is 2.11. The van der Waals surface area contributed by atoms with Crippen molar-refractivity contribution < 1.29 is 4.79 Å². The molecule has 0 amide bonds. The minimum absolute atomic E-state index is 0.127. The first-order chi connectivity index (χ1) is 7.09. The van der Waals surface area contributed by atoms with Gasteiger partial charge in [-0.25, -0.2) is 0 Å². The summed E-state index contributed by atoms with van der Waals surface area (Å²) in [5.41, 5.74) is 1.16. The SMILES string of the molecule is CC(=O)c1cn2c(C)cccc2nc1=O. The fourth-order valence-corrected chi connectivity index (χ4v) is 1.46. The number of carbonyl (C=O) groups excluding carboxylic acids is 1. The van der Waals surface area contributed by atoms with E-state index in [1.807, 2.05) is 19.1 Å². The van der Waals surface area contributed by atoms with Crippen LogP contribution in [0.15, 0.2) is 29.2 Å². The number of nitrogens with zero attached hydrogens (tertiary/aromatic N) is 2. The van der Waals surface area contributed by atoms with E-state index in [-0.39, 0.29) is 11.3 Å². The van der Waals surface area contributed by atoms with Gasteiger partial charge in [-0.2, -0.15) is 4.98 Å². The van der Waals surface area contributed by atoms with Crippen LogP contribution in [0.2, 0.25) is 0 Å². The van der Waals surface area contributed by atoms with Crippen molar-refractivity contribution in [1.29, 1.82) is 0 Å². The first-order valence-electron chi connectivity index (χ1n) is 4.59. The average molecular weight is 202 g/mol. The first-order valence-corrected chi connectivity index (χ1v) is 4.59. The van der Waals surface area contributed by atoms with E-state index in [0.29, 0.717) is 5.65 Å². The van der Waals surface area contributed by atoms with Crippen LogP contribution in [-0.2, 0) is 0 Å². The summed E-state index contributed by atoms with van der Waals surface area (Å²) in [5, 5.41) is 0. The lowest BCUT2D eigenvalue weighted by atomic mass is 10.2. The predicted octanol–water partition coefficient (Wildman–Crippen LogP) is 1.21. The number of aryl methyl sites for hydroxylation is 1. The topological polar surface area (TPSA) is 51.4 Å². The largest absolute Gasteiger partial charge is 0.305 e. The molecule has 0 aliphatic heterocycles. The summed E-state index contributed by atoms with van der Waals surface area (Å²) in [5.74, 6) is -0.259. The monoisotopic (exact) mass is 202 g/mol. The highest BCUT2D eigenvalue weighted by Gasteiger charge is 2.08. The number of rotatable bonds is 1. The van der Waals surface area contributed by atoms with Gasteiger partial charge in [-0.05, 0) is 26.0 Å². The first kappa shape index (κ1) is 9.58. The molecule has 0 radical (unpaired) electrons. The summed E-state index contributed by atoms with van der Waals surface area (Å²) >= 11 is 0. The Morgan fingerprint density at radius 2 is 2.13 bits per heavy atom. The van der Waals surface area contributed by atoms with Crippen molar-refractivity contribution in [2.45, 2.75) is 13.8 Å². The number of aromatic nitrogens is 2. The molecule has 2 aromatic heterocycles. The van der Waals surface area contributed by atoms with Crippen molar-refractivity contribution in [2.24, 2.45) is 0 Å². The van der Waals surface area contributed by atoms with Crippen molar-refractivity contribution >= 4 is 11.4 Å². The maximum atomic E-state index is 11.4. The summed E-state index contributed by atoms with van der Waals surface area (Å²) in [6, 6.07) is 5.45. The number of pyridine rings is 1. The van der Waals surface area contributed by atoms with E-state index >= 15 is 0 Å². The zero-order valence-corrected chi connectivity index (χ0v) is 8.52. The predicted molar refractivity (Wildman–Crippen MR) is 56.2 cm³/mol. The molecule has 0 bridgehead atoms. The van der Waals surface area contributed by atoms with E-state index in [9.17, 15) is 9.59 Å². The Balaban J connectivity index is 2.90. The van der Waals surface area contributed by atoms with Gasteiger partial charge in [0, 0.05) is 11.9 Å². The van der Waals surface area contributed by atoms with Gasteiger partial charge in [-0.3, -0.25) is 9.59 Å². The third kappa shape index (κ3) is 1.54. The molecule has 4 heteroatoms. The highest BCUT2D eigenvalue weighted by Crippen LogP contribution is 2.04. The Morgan fingerprint density at radius 3 is 2.80 bits per heavy atom. The second kappa shape index (κ2) is 3.31. The smallest absolute Gasteiger partial charge is 0.284 e. The van der Waals surface area contributed by atoms with E-state index in [0.717, 1.165) is 5.69 Å². The van der Waals surface area contributed by atoms with Crippen LogP contribution in [0.25, 0.3) is 5.65 Å². The Labute approximate surface area is 86.2 Å². The molecule has 0 aliphatic rings. The van der Waals surface area contributed by atoms with Crippen molar-refractivity contribution in [3.8, 4) is 0 Å². The zero-order valence-electron chi connectivity index (χ0n) is 8.52. The molecule has 0 aliphatic carbocycles. The molecule has 0 saturated carbocycles. The van der Waals surface area contributed by atoms with E-state index in [1.165, 1.54) is 6.92 Å². The van der Waals surface area contributed by atoms with Crippen LogP contribution in [0.4, 0.5) is 0 Å². The van der Waals surface area contributed by atoms with E-state index in [2.05, 4.69) is 4.98 Å². The van der Waals surface area contributed by atoms with Gasteiger partial charge < -0.3 is 4.40 Å². The lowest BCUT2D eigenvalue weighted by molar-refractivity contribution is 0.101. The van der Waals surface area contributed by atoms with E-state index < -0.39 is 5.56 Å². The number of hydrogen-bond donors (Lipinski definition) is 0. The van der Waals surface area contributed by atoms with E-state index in [4.69, 9.17) is 0 Å². The minimum atomic E-state index is -0.465. The van der Waals surface area contributed by atoms with Crippen LogP contribution in [0.1, 0.15) is 23.0 Å². The molecule has 2 rings (SSSR count). The molecule has 0 atom stereocenters. The second-order valence-corrected chi connectivity index (χ2v) is 3.41.